The van der Waals surface area contributed by atoms with Gasteiger partial charge in [-0.25, -0.2) is 0 Å². The summed E-state index contributed by atoms with van der Waals surface area (Å²) in [5.41, 5.74) is 11.2. The molecule has 5 aromatic carbocycles. The summed E-state index contributed by atoms with van der Waals surface area (Å²) in [5.74, 6) is 1.28. The van der Waals surface area contributed by atoms with Gasteiger partial charge >= 0.3 is 0 Å². The first-order valence-electron chi connectivity index (χ1n) is 17.3. The fraction of sp³-hybridized carbons (Fsp3) is 0.167. The Hall–Kier alpha value is -3.99. The third kappa shape index (κ3) is 8.30. The molecule has 0 saturated carbocycles. The van der Waals surface area contributed by atoms with Gasteiger partial charge in [-0.15, -0.1) is 0 Å². The van der Waals surface area contributed by atoms with Gasteiger partial charge in [0, 0.05) is 23.5 Å². The van der Waals surface area contributed by atoms with Gasteiger partial charge in [0.1, 0.15) is 0 Å². The normalized spacial score (nSPS) is 14.7. The van der Waals surface area contributed by atoms with E-state index >= 15 is 0 Å². The van der Waals surface area contributed by atoms with Crippen LogP contribution in [0.5, 0.6) is 0 Å². The molecule has 0 heterocycles. The molecule has 0 fully saturated rings. The fourth-order valence-electron chi connectivity index (χ4n) is 7.39. The maximum Gasteiger partial charge on any atom is 0.0654 e. The number of hydrogen-bond donors (Lipinski definition) is 0. The smallest absolute Gasteiger partial charge is 0.0654 e. The second-order valence-electron chi connectivity index (χ2n) is 14.5. The van der Waals surface area contributed by atoms with Crippen molar-refractivity contribution in [3.63, 3.8) is 0 Å². The quantitative estimate of drug-likeness (QED) is 0.122. The average Bonchev–Trinajstić information content (AvgIpc) is 3.76. The van der Waals surface area contributed by atoms with Gasteiger partial charge in [0.25, 0.3) is 0 Å². The number of rotatable bonds is 6. The Bertz CT molecular complexity index is 1840. The summed E-state index contributed by atoms with van der Waals surface area (Å²) in [6.07, 6.45) is 8.87. The zero-order valence-corrected chi connectivity index (χ0v) is 32.0. The molecule has 2 aliphatic rings. The summed E-state index contributed by atoms with van der Waals surface area (Å²) in [7, 11) is -0.101. The second-order valence-corrected chi connectivity index (χ2v) is 18.4. The Labute approximate surface area is 313 Å². The maximum atomic E-state index is 2.36. The van der Waals surface area contributed by atoms with Crippen LogP contribution in [0.2, 0.25) is 0 Å². The minimum absolute atomic E-state index is 0. The van der Waals surface area contributed by atoms with Gasteiger partial charge in [-0.1, -0.05) is 219 Å². The van der Waals surface area contributed by atoms with Crippen LogP contribution in [0, 0.1) is 12.3 Å². The molecule has 5 aromatic rings. The summed E-state index contributed by atoms with van der Waals surface area (Å²) in [6, 6.07) is 54.1. The first-order valence-corrected chi connectivity index (χ1v) is 18.6. The van der Waals surface area contributed by atoms with E-state index < -0.39 is 0 Å². The second kappa shape index (κ2) is 16.4. The largest absolute Gasteiger partial charge is 0.0760 e. The Balaban J connectivity index is 0.000000275. The van der Waals surface area contributed by atoms with Crippen molar-refractivity contribution in [2.24, 2.45) is 0 Å². The molecule has 7 rings (SSSR count). The molecule has 2 aliphatic carbocycles. The van der Waals surface area contributed by atoms with Crippen molar-refractivity contribution < 1.29 is 17.1 Å². The van der Waals surface area contributed by atoms with E-state index in [1.165, 1.54) is 56.0 Å². The van der Waals surface area contributed by atoms with Gasteiger partial charge in [0.05, 0.1) is 5.92 Å². The number of hydrogen-bond acceptors (Lipinski definition) is 0. The van der Waals surface area contributed by atoms with Crippen molar-refractivity contribution in [2.75, 3.05) is 0 Å². The number of allylic oxidation sites excluding steroid dienone is 8. The Morgan fingerprint density at radius 2 is 0.660 bits per heavy atom. The van der Waals surface area contributed by atoms with Crippen molar-refractivity contribution in [2.45, 2.75) is 51.9 Å². The van der Waals surface area contributed by atoms with E-state index in [9.17, 15) is 0 Å². The van der Waals surface area contributed by atoms with E-state index in [1.807, 2.05) is 0 Å². The van der Waals surface area contributed by atoms with E-state index in [0.717, 1.165) is 0 Å². The van der Waals surface area contributed by atoms with Crippen molar-refractivity contribution in [3.8, 4) is 0 Å². The topological polar surface area (TPSA) is 0 Å². The standard InChI is InChI=1S/C35H25.C13H22P.Fe/c1-6-16-26(17-7-1)31-32(27-18-8-2-9-19-27)34(29-22-12-4-13-23-29)35(30-24-14-5-15-25-30)33(31)28-20-10-3-11-21-28;1-12(2,3)14(13(4,5)6)11-9-7-8-10-11;/h1-25H;7-10H,1-6H3;. The fourth-order valence-corrected chi connectivity index (χ4v) is 11.4. The third-order valence-corrected chi connectivity index (χ3v) is 12.3. The van der Waals surface area contributed by atoms with Gasteiger partial charge < -0.3 is 0 Å². The predicted molar refractivity (Wildman–Crippen MR) is 216 cm³/mol. The third-order valence-electron chi connectivity index (χ3n) is 8.81. The Morgan fingerprint density at radius 3 is 0.940 bits per heavy atom. The molecular formula is C48H47FeP. The monoisotopic (exact) mass is 710 g/mol. The summed E-state index contributed by atoms with van der Waals surface area (Å²) < 4.78 is 0. The van der Waals surface area contributed by atoms with Crippen molar-refractivity contribution in [3.05, 3.63) is 215 Å². The predicted octanol–water partition coefficient (Wildman–Crippen LogP) is 13.6. The van der Waals surface area contributed by atoms with E-state index in [2.05, 4.69) is 218 Å². The molecule has 0 amide bonds. The van der Waals surface area contributed by atoms with Crippen LogP contribution >= 0.6 is 7.92 Å². The molecule has 0 saturated heterocycles. The molecule has 0 aromatic heterocycles. The zero-order valence-electron chi connectivity index (χ0n) is 30.0. The van der Waals surface area contributed by atoms with E-state index in [4.69, 9.17) is 0 Å². The molecular weight excluding hydrogens is 663 g/mol. The molecule has 0 bridgehead atoms. The summed E-state index contributed by atoms with van der Waals surface area (Å²) in [6.45, 7) is 14.1. The first kappa shape index (κ1) is 37.3. The van der Waals surface area contributed by atoms with Gasteiger partial charge in [-0.2, -0.15) is 0 Å². The maximum absolute atomic E-state index is 2.36. The zero-order chi connectivity index (χ0) is 34.4. The molecule has 2 radical (unpaired) electrons. The molecule has 0 nitrogen and oxygen atoms in total. The van der Waals surface area contributed by atoms with Crippen LogP contribution in [0.25, 0.3) is 22.3 Å². The van der Waals surface area contributed by atoms with Gasteiger partial charge in [0.15, 0.2) is 0 Å². The van der Waals surface area contributed by atoms with Crippen LogP contribution in [0.3, 0.4) is 0 Å². The minimum Gasteiger partial charge on any atom is -0.0760 e. The van der Waals surface area contributed by atoms with Crippen molar-refractivity contribution in [1.82, 2.24) is 0 Å². The molecule has 0 spiro atoms. The summed E-state index contributed by atoms with van der Waals surface area (Å²) >= 11 is 0. The SMILES string of the molecule is CC(C)(C)P(C1=CC=C[CH]1)C(C)(C)C.[Fe].c1ccc([C]2C(c3ccccc3)=C(c3ccccc3)C(c3ccccc3)=C2c2ccccc2)cc1. The van der Waals surface area contributed by atoms with E-state index in [-0.39, 0.29) is 25.0 Å². The molecule has 252 valence electrons. The average molecular weight is 711 g/mol. The van der Waals surface area contributed by atoms with Crippen molar-refractivity contribution >= 4 is 30.2 Å². The Morgan fingerprint density at radius 1 is 0.360 bits per heavy atom. The van der Waals surface area contributed by atoms with Gasteiger partial charge in [0.2, 0.25) is 0 Å². The van der Waals surface area contributed by atoms with Gasteiger partial charge in [-0.05, 0) is 65.7 Å². The van der Waals surface area contributed by atoms with E-state index in [1.54, 1.807) is 5.31 Å². The van der Waals surface area contributed by atoms with Crippen LogP contribution < -0.4 is 0 Å². The first-order chi connectivity index (χ1) is 23.6. The molecule has 0 unspecified atom stereocenters. The number of benzene rings is 5. The summed E-state index contributed by atoms with van der Waals surface area (Å²) in [5, 5.41) is 2.32. The summed E-state index contributed by atoms with van der Waals surface area (Å²) in [4.78, 5) is 0. The molecule has 0 N–H and O–H groups in total. The minimum atomic E-state index is -0.101. The van der Waals surface area contributed by atoms with Crippen LogP contribution in [0.1, 0.15) is 69.4 Å². The van der Waals surface area contributed by atoms with Gasteiger partial charge in [-0.3, -0.25) is 0 Å². The van der Waals surface area contributed by atoms with Crippen LogP contribution in [0.4, 0.5) is 0 Å². The molecule has 0 atom stereocenters. The van der Waals surface area contributed by atoms with Crippen LogP contribution in [-0.2, 0) is 17.1 Å². The Kier molecular flexibility index (Phi) is 12.2. The molecule has 50 heavy (non-hydrogen) atoms. The van der Waals surface area contributed by atoms with E-state index in [0.29, 0.717) is 10.3 Å². The molecule has 0 aliphatic heterocycles. The van der Waals surface area contributed by atoms with Crippen LogP contribution in [-0.4, -0.2) is 10.3 Å². The molecule has 2 heteroatoms. The van der Waals surface area contributed by atoms with Crippen molar-refractivity contribution in [1.29, 1.82) is 0 Å². The van der Waals surface area contributed by atoms with Crippen LogP contribution in [0.15, 0.2) is 175 Å².